The van der Waals surface area contributed by atoms with E-state index in [1.54, 1.807) is 12.1 Å². The highest BCUT2D eigenvalue weighted by Crippen LogP contribution is 2.37. The molecule has 2 aromatic carbocycles. The Morgan fingerprint density at radius 1 is 1.19 bits per heavy atom. The van der Waals surface area contributed by atoms with Gasteiger partial charge in [0.05, 0.1) is 5.69 Å². The number of fused-ring (bicyclic) bond motifs is 1. The van der Waals surface area contributed by atoms with E-state index >= 15 is 0 Å². The van der Waals surface area contributed by atoms with E-state index in [2.05, 4.69) is 34.2 Å². The topological polar surface area (TPSA) is 49.4 Å². The van der Waals surface area contributed by atoms with Crippen molar-refractivity contribution in [3.05, 3.63) is 58.6 Å². The molecule has 6 heteroatoms. The zero-order chi connectivity index (χ0) is 18.5. The minimum Gasteiger partial charge on any atom is -0.352 e. The van der Waals surface area contributed by atoms with Gasteiger partial charge in [0.2, 0.25) is 5.91 Å². The van der Waals surface area contributed by atoms with Gasteiger partial charge in [-0.2, -0.15) is 0 Å². The maximum absolute atomic E-state index is 12.7. The van der Waals surface area contributed by atoms with Crippen LogP contribution in [0.4, 0.5) is 5.69 Å². The summed E-state index contributed by atoms with van der Waals surface area (Å²) in [6.07, 6.45) is 1.24. The predicted molar refractivity (Wildman–Crippen MR) is 110 cm³/mol. The SMILES string of the molecule is CC1CCN(C(=O)CCNC(=O)c2ccc(Br)cc2)c2ccccc2S1. The van der Waals surface area contributed by atoms with Gasteiger partial charge in [-0.1, -0.05) is 35.0 Å². The molecule has 0 saturated carbocycles. The molecule has 0 radical (unpaired) electrons. The molecule has 26 heavy (non-hydrogen) atoms. The van der Waals surface area contributed by atoms with Crippen molar-refractivity contribution in [1.29, 1.82) is 0 Å². The van der Waals surface area contributed by atoms with Gasteiger partial charge in [0.25, 0.3) is 5.91 Å². The summed E-state index contributed by atoms with van der Waals surface area (Å²) < 4.78 is 0.927. The Hall–Kier alpha value is -1.79. The summed E-state index contributed by atoms with van der Waals surface area (Å²) in [5.41, 5.74) is 1.57. The lowest BCUT2D eigenvalue weighted by atomic mass is 10.2. The minimum atomic E-state index is -0.161. The van der Waals surface area contributed by atoms with Gasteiger partial charge in [-0.25, -0.2) is 0 Å². The van der Waals surface area contributed by atoms with Crippen LogP contribution in [0.15, 0.2) is 57.9 Å². The van der Waals surface area contributed by atoms with Crippen LogP contribution in [0.5, 0.6) is 0 Å². The summed E-state index contributed by atoms with van der Waals surface area (Å²) in [4.78, 5) is 27.9. The highest BCUT2D eigenvalue weighted by atomic mass is 79.9. The summed E-state index contributed by atoms with van der Waals surface area (Å²) in [5.74, 6) is -0.117. The molecular formula is C20H21BrN2O2S. The summed E-state index contributed by atoms with van der Waals surface area (Å²) in [7, 11) is 0. The molecular weight excluding hydrogens is 412 g/mol. The van der Waals surface area contributed by atoms with Crippen molar-refractivity contribution in [2.45, 2.75) is 29.9 Å². The molecule has 0 saturated heterocycles. The molecule has 2 aromatic rings. The van der Waals surface area contributed by atoms with Gasteiger partial charge >= 0.3 is 0 Å². The summed E-state index contributed by atoms with van der Waals surface area (Å²) >= 11 is 5.16. The van der Waals surface area contributed by atoms with Crippen molar-refractivity contribution in [3.8, 4) is 0 Å². The van der Waals surface area contributed by atoms with Crippen LogP contribution in [0.25, 0.3) is 0 Å². The first-order valence-corrected chi connectivity index (χ1v) is 10.3. The fourth-order valence-corrected chi connectivity index (χ4v) is 4.24. The van der Waals surface area contributed by atoms with Crippen LogP contribution in [-0.2, 0) is 4.79 Å². The summed E-state index contributed by atoms with van der Waals surface area (Å²) in [5, 5.41) is 3.31. The van der Waals surface area contributed by atoms with Crippen molar-refractivity contribution < 1.29 is 9.59 Å². The third kappa shape index (κ3) is 4.68. The van der Waals surface area contributed by atoms with Crippen molar-refractivity contribution >= 4 is 45.2 Å². The zero-order valence-electron chi connectivity index (χ0n) is 14.6. The lowest BCUT2D eigenvalue weighted by Crippen LogP contribution is -2.35. The molecule has 1 heterocycles. The maximum atomic E-state index is 12.7. The van der Waals surface area contributed by atoms with Crippen LogP contribution >= 0.6 is 27.7 Å². The average Bonchev–Trinajstić information content (AvgIpc) is 2.80. The van der Waals surface area contributed by atoms with Crippen LogP contribution < -0.4 is 10.2 Å². The number of rotatable bonds is 4. The Morgan fingerprint density at radius 3 is 2.69 bits per heavy atom. The molecule has 1 unspecified atom stereocenters. The lowest BCUT2D eigenvalue weighted by molar-refractivity contribution is -0.118. The van der Waals surface area contributed by atoms with Crippen LogP contribution in [0.2, 0.25) is 0 Å². The van der Waals surface area contributed by atoms with Gasteiger partial charge in [0.15, 0.2) is 0 Å². The number of amides is 2. The number of carbonyl (C=O) groups excluding carboxylic acids is 2. The van der Waals surface area contributed by atoms with E-state index < -0.39 is 0 Å². The summed E-state index contributed by atoms with van der Waals surface area (Å²) in [6.45, 7) is 3.23. The smallest absolute Gasteiger partial charge is 0.251 e. The Morgan fingerprint density at radius 2 is 1.92 bits per heavy atom. The minimum absolute atomic E-state index is 0.0447. The molecule has 0 spiro atoms. The van der Waals surface area contributed by atoms with Crippen molar-refractivity contribution in [2.24, 2.45) is 0 Å². The van der Waals surface area contributed by atoms with Crippen LogP contribution in [0.1, 0.15) is 30.1 Å². The van der Waals surface area contributed by atoms with Gasteiger partial charge in [0, 0.05) is 39.7 Å². The molecule has 3 rings (SSSR count). The highest BCUT2D eigenvalue weighted by molar-refractivity contribution is 9.10. The van der Waals surface area contributed by atoms with E-state index in [9.17, 15) is 9.59 Å². The van der Waals surface area contributed by atoms with Crippen LogP contribution in [0.3, 0.4) is 0 Å². The first-order valence-electron chi connectivity index (χ1n) is 8.64. The van der Waals surface area contributed by atoms with Gasteiger partial charge in [0.1, 0.15) is 0 Å². The second-order valence-electron chi connectivity index (χ2n) is 6.24. The van der Waals surface area contributed by atoms with Crippen molar-refractivity contribution in [2.75, 3.05) is 18.0 Å². The number of thioether (sulfide) groups is 1. The Balaban J connectivity index is 1.59. The lowest BCUT2D eigenvalue weighted by Gasteiger charge is -2.22. The molecule has 4 nitrogen and oxygen atoms in total. The van der Waals surface area contributed by atoms with E-state index in [-0.39, 0.29) is 18.2 Å². The summed E-state index contributed by atoms with van der Waals surface area (Å²) in [6, 6.07) is 15.2. The number of benzene rings is 2. The second-order valence-corrected chi connectivity index (χ2v) is 8.64. The molecule has 0 aliphatic carbocycles. The molecule has 136 valence electrons. The highest BCUT2D eigenvalue weighted by Gasteiger charge is 2.23. The molecule has 1 N–H and O–H groups in total. The predicted octanol–water partition coefficient (Wildman–Crippen LogP) is 4.49. The standard InChI is InChI=1S/C20H21BrN2O2S/c1-14-11-13-23(17-4-2-3-5-18(17)26-14)19(24)10-12-22-20(25)15-6-8-16(21)9-7-15/h2-9,14H,10-13H2,1H3,(H,22,25). The first kappa shape index (κ1) is 19.0. The Kier molecular flexibility index (Phi) is 6.38. The van der Waals surface area contributed by atoms with E-state index in [0.29, 0.717) is 23.9 Å². The van der Waals surface area contributed by atoms with Gasteiger partial charge in [-0.05, 0) is 42.8 Å². The van der Waals surface area contributed by atoms with Crippen molar-refractivity contribution in [3.63, 3.8) is 0 Å². The van der Waals surface area contributed by atoms with Gasteiger partial charge in [-0.15, -0.1) is 11.8 Å². The van der Waals surface area contributed by atoms with Crippen LogP contribution in [-0.4, -0.2) is 30.2 Å². The van der Waals surface area contributed by atoms with Gasteiger partial charge in [-0.3, -0.25) is 9.59 Å². The Labute approximate surface area is 166 Å². The third-order valence-electron chi connectivity index (χ3n) is 4.28. The van der Waals surface area contributed by atoms with E-state index in [1.807, 2.05) is 47.0 Å². The largest absolute Gasteiger partial charge is 0.352 e. The average molecular weight is 433 g/mol. The molecule has 2 amide bonds. The number of carbonyl (C=O) groups is 2. The normalized spacial score (nSPS) is 16.5. The fraction of sp³-hybridized carbons (Fsp3) is 0.300. The third-order valence-corrected chi connectivity index (χ3v) is 6.04. The molecule has 1 aliphatic rings. The molecule has 0 aromatic heterocycles. The van der Waals surface area contributed by atoms with E-state index in [4.69, 9.17) is 0 Å². The number of nitrogens with one attached hydrogen (secondary N) is 1. The zero-order valence-corrected chi connectivity index (χ0v) is 17.0. The monoisotopic (exact) mass is 432 g/mol. The maximum Gasteiger partial charge on any atom is 0.251 e. The second kappa shape index (κ2) is 8.73. The molecule has 1 aliphatic heterocycles. The number of nitrogens with zero attached hydrogens (tertiary/aromatic N) is 1. The van der Waals surface area contributed by atoms with Gasteiger partial charge < -0.3 is 10.2 Å². The number of hydrogen-bond acceptors (Lipinski definition) is 3. The molecule has 1 atom stereocenters. The van der Waals surface area contributed by atoms with E-state index in [1.165, 1.54) is 0 Å². The number of para-hydroxylation sites is 1. The number of halogens is 1. The van der Waals surface area contributed by atoms with E-state index in [0.717, 1.165) is 21.5 Å². The molecule has 0 bridgehead atoms. The van der Waals surface area contributed by atoms with Crippen LogP contribution in [0, 0.1) is 0 Å². The number of anilines is 1. The Bertz CT molecular complexity index is 795. The quantitative estimate of drug-likeness (QED) is 0.773. The first-order chi connectivity index (χ1) is 12.5. The molecule has 0 fully saturated rings. The number of hydrogen-bond donors (Lipinski definition) is 1. The van der Waals surface area contributed by atoms with Crippen molar-refractivity contribution in [1.82, 2.24) is 5.32 Å². The fourth-order valence-electron chi connectivity index (χ4n) is 2.87.